The van der Waals surface area contributed by atoms with Gasteiger partial charge in [-0.25, -0.2) is 0 Å². The molecule has 0 heterocycles. The first kappa shape index (κ1) is 10.4. The lowest BCUT2D eigenvalue weighted by atomic mass is 9.63. The van der Waals surface area contributed by atoms with Gasteiger partial charge in [0.15, 0.2) is 0 Å². The molecular formula is C12H22O2. The van der Waals surface area contributed by atoms with E-state index >= 15 is 0 Å². The number of aliphatic hydroxyl groups is 2. The van der Waals surface area contributed by atoms with E-state index in [9.17, 15) is 10.2 Å². The minimum Gasteiger partial charge on any atom is -0.396 e. The van der Waals surface area contributed by atoms with Crippen LogP contribution in [0.1, 0.15) is 38.5 Å². The summed E-state index contributed by atoms with van der Waals surface area (Å²) in [5.41, 5.74) is 0. The largest absolute Gasteiger partial charge is 0.396 e. The molecule has 0 aliphatic heterocycles. The Labute approximate surface area is 86.3 Å². The van der Waals surface area contributed by atoms with Crippen molar-refractivity contribution in [2.45, 2.75) is 38.5 Å². The molecule has 2 aliphatic rings. The van der Waals surface area contributed by atoms with E-state index in [1.165, 1.54) is 32.1 Å². The van der Waals surface area contributed by atoms with Crippen LogP contribution < -0.4 is 0 Å². The summed E-state index contributed by atoms with van der Waals surface area (Å²) < 4.78 is 0. The van der Waals surface area contributed by atoms with Crippen LogP contribution >= 0.6 is 0 Å². The van der Waals surface area contributed by atoms with E-state index in [2.05, 4.69) is 0 Å². The molecule has 2 N–H and O–H groups in total. The Morgan fingerprint density at radius 2 is 1.79 bits per heavy atom. The molecule has 2 aliphatic carbocycles. The molecule has 4 unspecified atom stereocenters. The van der Waals surface area contributed by atoms with E-state index < -0.39 is 0 Å². The van der Waals surface area contributed by atoms with Crippen molar-refractivity contribution in [1.82, 2.24) is 0 Å². The standard InChI is InChI=1S/C12H22O2/c13-7-9-4-5-10-2-1-3-11(8-14)12(10)6-9/h9-14H,1-8H2. The summed E-state index contributed by atoms with van der Waals surface area (Å²) in [6, 6.07) is 0. The Kier molecular flexibility index (Phi) is 3.45. The quantitative estimate of drug-likeness (QED) is 0.710. The first-order valence-electron chi connectivity index (χ1n) is 6.07. The van der Waals surface area contributed by atoms with E-state index in [0.717, 1.165) is 12.3 Å². The van der Waals surface area contributed by atoms with Gasteiger partial charge in [-0.2, -0.15) is 0 Å². The van der Waals surface area contributed by atoms with Gasteiger partial charge in [0.05, 0.1) is 0 Å². The molecule has 2 rings (SSSR count). The highest BCUT2D eigenvalue weighted by Gasteiger charge is 2.37. The van der Waals surface area contributed by atoms with Crippen molar-refractivity contribution in [3.63, 3.8) is 0 Å². The predicted molar refractivity (Wildman–Crippen MR) is 55.8 cm³/mol. The highest BCUT2D eigenvalue weighted by Crippen LogP contribution is 2.45. The Bertz CT molecular complexity index is 175. The molecule has 0 amide bonds. The van der Waals surface area contributed by atoms with Crippen LogP contribution in [0.25, 0.3) is 0 Å². The minimum absolute atomic E-state index is 0.349. The van der Waals surface area contributed by atoms with Crippen LogP contribution in [0.5, 0.6) is 0 Å². The van der Waals surface area contributed by atoms with Gasteiger partial charge in [0.25, 0.3) is 0 Å². The Hall–Kier alpha value is -0.0800. The third-order valence-electron chi connectivity index (χ3n) is 4.40. The summed E-state index contributed by atoms with van der Waals surface area (Å²) in [5, 5.41) is 18.5. The summed E-state index contributed by atoms with van der Waals surface area (Å²) in [6.07, 6.45) is 7.51. The monoisotopic (exact) mass is 198 g/mol. The molecule has 82 valence electrons. The van der Waals surface area contributed by atoms with Gasteiger partial charge in [-0.15, -0.1) is 0 Å². The van der Waals surface area contributed by atoms with E-state index in [1.54, 1.807) is 0 Å². The van der Waals surface area contributed by atoms with Gasteiger partial charge in [0, 0.05) is 13.2 Å². The van der Waals surface area contributed by atoms with Crippen LogP contribution in [-0.4, -0.2) is 23.4 Å². The summed E-state index contributed by atoms with van der Waals surface area (Å²) in [6.45, 7) is 0.709. The van der Waals surface area contributed by atoms with Crippen molar-refractivity contribution in [1.29, 1.82) is 0 Å². The van der Waals surface area contributed by atoms with Crippen molar-refractivity contribution < 1.29 is 10.2 Å². The molecule has 4 atom stereocenters. The lowest BCUT2D eigenvalue weighted by molar-refractivity contribution is 0.0258. The Balaban J connectivity index is 1.98. The lowest BCUT2D eigenvalue weighted by Gasteiger charge is -2.43. The minimum atomic E-state index is 0.349. The average molecular weight is 198 g/mol. The van der Waals surface area contributed by atoms with Gasteiger partial charge in [-0.05, 0) is 49.4 Å². The zero-order chi connectivity index (χ0) is 9.97. The molecule has 0 spiro atoms. The summed E-state index contributed by atoms with van der Waals surface area (Å²) in [7, 11) is 0. The van der Waals surface area contributed by atoms with Crippen molar-refractivity contribution in [2.24, 2.45) is 23.7 Å². The van der Waals surface area contributed by atoms with Crippen LogP contribution in [0.2, 0.25) is 0 Å². The van der Waals surface area contributed by atoms with Gasteiger partial charge < -0.3 is 10.2 Å². The first-order valence-corrected chi connectivity index (χ1v) is 6.07. The fourth-order valence-electron chi connectivity index (χ4n) is 3.54. The zero-order valence-corrected chi connectivity index (χ0v) is 8.86. The third kappa shape index (κ3) is 1.96. The van der Waals surface area contributed by atoms with Crippen LogP contribution in [0, 0.1) is 23.7 Å². The van der Waals surface area contributed by atoms with E-state index in [4.69, 9.17) is 0 Å². The van der Waals surface area contributed by atoms with Gasteiger partial charge >= 0.3 is 0 Å². The predicted octanol–water partition coefficient (Wildman–Crippen LogP) is 1.80. The number of fused-ring (bicyclic) bond motifs is 1. The van der Waals surface area contributed by atoms with Gasteiger partial charge in [0.2, 0.25) is 0 Å². The van der Waals surface area contributed by atoms with Crippen LogP contribution in [0.15, 0.2) is 0 Å². The van der Waals surface area contributed by atoms with E-state index in [-0.39, 0.29) is 0 Å². The van der Waals surface area contributed by atoms with Crippen molar-refractivity contribution in [2.75, 3.05) is 13.2 Å². The SMILES string of the molecule is OCC1CCC2CCCC(CO)C2C1. The van der Waals surface area contributed by atoms with Gasteiger partial charge in [-0.1, -0.05) is 12.8 Å². The highest BCUT2D eigenvalue weighted by molar-refractivity contribution is 4.87. The summed E-state index contributed by atoms with van der Waals surface area (Å²) >= 11 is 0. The smallest absolute Gasteiger partial charge is 0.0462 e. The van der Waals surface area contributed by atoms with Crippen molar-refractivity contribution in [3.8, 4) is 0 Å². The molecule has 2 saturated carbocycles. The highest BCUT2D eigenvalue weighted by atomic mass is 16.3. The zero-order valence-electron chi connectivity index (χ0n) is 8.86. The maximum atomic E-state index is 9.33. The molecule has 14 heavy (non-hydrogen) atoms. The molecule has 2 fully saturated rings. The molecule has 0 aromatic rings. The Morgan fingerprint density at radius 3 is 2.50 bits per heavy atom. The third-order valence-corrected chi connectivity index (χ3v) is 4.40. The Morgan fingerprint density at radius 1 is 0.929 bits per heavy atom. The fourth-order valence-corrected chi connectivity index (χ4v) is 3.54. The molecule has 2 heteroatoms. The second kappa shape index (κ2) is 4.63. The second-order valence-electron chi connectivity index (χ2n) is 5.16. The molecule has 0 bridgehead atoms. The average Bonchev–Trinajstić information content (AvgIpc) is 2.27. The number of aliphatic hydroxyl groups excluding tert-OH is 2. The molecule has 0 aromatic heterocycles. The fraction of sp³-hybridized carbons (Fsp3) is 1.00. The van der Waals surface area contributed by atoms with Crippen LogP contribution in [0.4, 0.5) is 0 Å². The molecule has 0 saturated heterocycles. The first-order chi connectivity index (χ1) is 6.85. The van der Waals surface area contributed by atoms with Crippen molar-refractivity contribution in [3.05, 3.63) is 0 Å². The number of rotatable bonds is 2. The van der Waals surface area contributed by atoms with Crippen LogP contribution in [-0.2, 0) is 0 Å². The van der Waals surface area contributed by atoms with E-state index in [1.807, 2.05) is 0 Å². The van der Waals surface area contributed by atoms with E-state index in [0.29, 0.717) is 31.0 Å². The van der Waals surface area contributed by atoms with Gasteiger partial charge in [-0.3, -0.25) is 0 Å². The number of hydrogen-bond donors (Lipinski definition) is 2. The van der Waals surface area contributed by atoms with Crippen LogP contribution in [0.3, 0.4) is 0 Å². The summed E-state index contributed by atoms with van der Waals surface area (Å²) in [5.74, 6) is 2.61. The molecule has 2 nitrogen and oxygen atoms in total. The second-order valence-corrected chi connectivity index (χ2v) is 5.16. The maximum absolute atomic E-state index is 9.33. The number of hydrogen-bond acceptors (Lipinski definition) is 2. The normalized spacial score (nSPS) is 43.3. The topological polar surface area (TPSA) is 40.5 Å². The molecule has 0 aromatic carbocycles. The molecular weight excluding hydrogens is 176 g/mol. The maximum Gasteiger partial charge on any atom is 0.0462 e. The van der Waals surface area contributed by atoms with Crippen molar-refractivity contribution >= 4 is 0 Å². The lowest BCUT2D eigenvalue weighted by Crippen LogP contribution is -2.36. The van der Waals surface area contributed by atoms with Gasteiger partial charge in [0.1, 0.15) is 0 Å². The molecule has 0 radical (unpaired) electrons. The summed E-state index contributed by atoms with van der Waals surface area (Å²) in [4.78, 5) is 0.